The fourth-order valence-corrected chi connectivity index (χ4v) is 4.07. The molecule has 3 atom stereocenters. The number of nitrogens with zero attached hydrogens (tertiary/aromatic N) is 1. The Morgan fingerprint density at radius 3 is 2.72 bits per heavy atom. The maximum Gasteiger partial charge on any atom is 0.00954 e. The normalized spacial score (nSPS) is 34.7. The molecule has 18 heavy (non-hydrogen) atoms. The summed E-state index contributed by atoms with van der Waals surface area (Å²) in [5.74, 6) is 1.94. The van der Waals surface area contributed by atoms with Gasteiger partial charge in [0.2, 0.25) is 0 Å². The van der Waals surface area contributed by atoms with Crippen LogP contribution in [0.2, 0.25) is 0 Å². The quantitative estimate of drug-likeness (QED) is 0.755. The zero-order valence-corrected chi connectivity index (χ0v) is 12.5. The average Bonchev–Trinajstić information content (AvgIpc) is 2.70. The Balaban J connectivity index is 1.76. The van der Waals surface area contributed by atoms with E-state index in [0.29, 0.717) is 0 Å². The molecule has 3 unspecified atom stereocenters. The third-order valence-electron chi connectivity index (χ3n) is 5.08. The van der Waals surface area contributed by atoms with Crippen LogP contribution < -0.4 is 5.32 Å². The zero-order chi connectivity index (χ0) is 12.8. The van der Waals surface area contributed by atoms with Crippen LogP contribution in [0.25, 0.3) is 0 Å². The van der Waals surface area contributed by atoms with Gasteiger partial charge in [-0.1, -0.05) is 32.6 Å². The summed E-state index contributed by atoms with van der Waals surface area (Å²) in [5, 5.41) is 3.34. The van der Waals surface area contributed by atoms with Crippen molar-refractivity contribution in [3.8, 4) is 0 Å². The Kier molecular flexibility index (Phi) is 5.97. The van der Waals surface area contributed by atoms with E-state index in [0.717, 1.165) is 17.9 Å². The van der Waals surface area contributed by atoms with E-state index in [-0.39, 0.29) is 0 Å². The van der Waals surface area contributed by atoms with Gasteiger partial charge >= 0.3 is 0 Å². The van der Waals surface area contributed by atoms with Gasteiger partial charge in [0.1, 0.15) is 0 Å². The van der Waals surface area contributed by atoms with Gasteiger partial charge in [-0.15, -0.1) is 0 Å². The highest BCUT2D eigenvalue weighted by molar-refractivity contribution is 4.84. The molecule has 0 spiro atoms. The summed E-state index contributed by atoms with van der Waals surface area (Å²) >= 11 is 0. The minimum Gasteiger partial charge on any atom is -0.319 e. The SMILES string of the molecule is CCCC1CCCC(N2CCC(CNC)C2)CC1. The van der Waals surface area contributed by atoms with Crippen molar-refractivity contribution in [2.24, 2.45) is 11.8 Å². The minimum atomic E-state index is 0.907. The minimum absolute atomic E-state index is 0.907. The summed E-state index contributed by atoms with van der Waals surface area (Å²) in [5.41, 5.74) is 0. The van der Waals surface area contributed by atoms with E-state index in [1.807, 2.05) is 0 Å². The average molecular weight is 252 g/mol. The summed E-state index contributed by atoms with van der Waals surface area (Å²) < 4.78 is 0. The second kappa shape index (κ2) is 7.49. The lowest BCUT2D eigenvalue weighted by atomic mass is 9.95. The van der Waals surface area contributed by atoms with E-state index >= 15 is 0 Å². The van der Waals surface area contributed by atoms with Crippen molar-refractivity contribution in [1.82, 2.24) is 10.2 Å². The van der Waals surface area contributed by atoms with Crippen molar-refractivity contribution in [3.05, 3.63) is 0 Å². The van der Waals surface area contributed by atoms with E-state index in [4.69, 9.17) is 0 Å². The van der Waals surface area contributed by atoms with Crippen LogP contribution in [0.4, 0.5) is 0 Å². The van der Waals surface area contributed by atoms with Crippen molar-refractivity contribution >= 4 is 0 Å². The molecule has 0 aromatic rings. The molecule has 1 saturated carbocycles. The second-order valence-electron chi connectivity index (χ2n) is 6.52. The third kappa shape index (κ3) is 3.96. The van der Waals surface area contributed by atoms with Gasteiger partial charge in [-0.05, 0) is 57.7 Å². The molecule has 0 amide bonds. The third-order valence-corrected chi connectivity index (χ3v) is 5.08. The summed E-state index contributed by atoms with van der Waals surface area (Å²) in [4.78, 5) is 2.80. The number of likely N-dealkylation sites (tertiary alicyclic amines) is 1. The Hall–Kier alpha value is -0.0800. The van der Waals surface area contributed by atoms with Crippen LogP contribution in [-0.4, -0.2) is 37.6 Å². The molecular formula is C16H32N2. The molecule has 0 bridgehead atoms. The molecule has 2 rings (SSSR count). The molecule has 1 saturated heterocycles. The van der Waals surface area contributed by atoms with Crippen molar-refractivity contribution in [3.63, 3.8) is 0 Å². The molecule has 1 aliphatic carbocycles. The van der Waals surface area contributed by atoms with Crippen LogP contribution in [0.15, 0.2) is 0 Å². The molecular weight excluding hydrogens is 220 g/mol. The Labute approximate surface area is 114 Å². The van der Waals surface area contributed by atoms with E-state index in [2.05, 4.69) is 24.2 Å². The topological polar surface area (TPSA) is 15.3 Å². The van der Waals surface area contributed by atoms with Crippen LogP contribution >= 0.6 is 0 Å². The van der Waals surface area contributed by atoms with Crippen molar-refractivity contribution < 1.29 is 0 Å². The molecule has 106 valence electrons. The summed E-state index contributed by atoms with van der Waals surface area (Å²) in [6.45, 7) is 6.26. The summed E-state index contributed by atoms with van der Waals surface area (Å²) in [7, 11) is 2.09. The molecule has 0 radical (unpaired) electrons. The van der Waals surface area contributed by atoms with Crippen LogP contribution in [-0.2, 0) is 0 Å². The fourth-order valence-electron chi connectivity index (χ4n) is 4.07. The first-order valence-electron chi connectivity index (χ1n) is 8.22. The molecule has 2 nitrogen and oxygen atoms in total. The largest absolute Gasteiger partial charge is 0.319 e. The maximum atomic E-state index is 3.34. The van der Waals surface area contributed by atoms with Crippen LogP contribution in [0.1, 0.15) is 58.3 Å². The van der Waals surface area contributed by atoms with E-state index in [1.54, 1.807) is 0 Å². The number of rotatable bonds is 5. The first-order chi connectivity index (χ1) is 8.83. The van der Waals surface area contributed by atoms with E-state index in [1.165, 1.54) is 71.0 Å². The lowest BCUT2D eigenvalue weighted by Crippen LogP contribution is -2.34. The molecule has 2 aliphatic rings. The second-order valence-corrected chi connectivity index (χ2v) is 6.52. The monoisotopic (exact) mass is 252 g/mol. The van der Waals surface area contributed by atoms with Gasteiger partial charge < -0.3 is 10.2 Å². The molecule has 1 aliphatic heterocycles. The highest BCUT2D eigenvalue weighted by Gasteiger charge is 2.29. The van der Waals surface area contributed by atoms with Gasteiger partial charge in [0, 0.05) is 12.6 Å². The van der Waals surface area contributed by atoms with Gasteiger partial charge in [0.25, 0.3) is 0 Å². The Bertz CT molecular complexity index is 229. The lowest BCUT2D eigenvalue weighted by molar-refractivity contribution is 0.211. The number of hydrogen-bond acceptors (Lipinski definition) is 2. The van der Waals surface area contributed by atoms with Crippen molar-refractivity contribution in [1.29, 1.82) is 0 Å². The van der Waals surface area contributed by atoms with Crippen molar-refractivity contribution in [2.75, 3.05) is 26.7 Å². The highest BCUT2D eigenvalue weighted by atomic mass is 15.2. The first-order valence-corrected chi connectivity index (χ1v) is 8.22. The zero-order valence-electron chi connectivity index (χ0n) is 12.5. The fraction of sp³-hybridized carbons (Fsp3) is 1.00. The molecule has 0 aromatic carbocycles. The first kappa shape index (κ1) is 14.3. The van der Waals surface area contributed by atoms with Gasteiger partial charge in [-0.3, -0.25) is 0 Å². The van der Waals surface area contributed by atoms with Crippen LogP contribution in [0.3, 0.4) is 0 Å². The predicted octanol–water partition coefficient (Wildman–Crippen LogP) is 3.28. The molecule has 0 aromatic heterocycles. The maximum absolute atomic E-state index is 3.34. The standard InChI is InChI=1S/C16H32N2/c1-3-5-14-6-4-7-16(9-8-14)18-11-10-15(13-18)12-17-2/h14-17H,3-13H2,1-2H3. The van der Waals surface area contributed by atoms with Crippen molar-refractivity contribution in [2.45, 2.75) is 64.3 Å². The Morgan fingerprint density at radius 1 is 1.06 bits per heavy atom. The Morgan fingerprint density at radius 2 is 1.94 bits per heavy atom. The molecule has 2 fully saturated rings. The van der Waals surface area contributed by atoms with Gasteiger partial charge in [0.15, 0.2) is 0 Å². The highest BCUT2D eigenvalue weighted by Crippen LogP contribution is 2.31. The van der Waals surface area contributed by atoms with E-state index in [9.17, 15) is 0 Å². The molecule has 1 N–H and O–H groups in total. The molecule has 1 heterocycles. The van der Waals surface area contributed by atoms with Gasteiger partial charge in [0.05, 0.1) is 0 Å². The predicted molar refractivity (Wildman–Crippen MR) is 78.9 cm³/mol. The van der Waals surface area contributed by atoms with Gasteiger partial charge in [-0.25, -0.2) is 0 Å². The van der Waals surface area contributed by atoms with Crippen LogP contribution in [0, 0.1) is 11.8 Å². The smallest absolute Gasteiger partial charge is 0.00954 e. The number of hydrogen-bond donors (Lipinski definition) is 1. The summed E-state index contributed by atoms with van der Waals surface area (Å²) in [6.07, 6.45) is 11.7. The van der Waals surface area contributed by atoms with Gasteiger partial charge in [-0.2, -0.15) is 0 Å². The lowest BCUT2D eigenvalue weighted by Gasteiger charge is -2.27. The number of nitrogens with one attached hydrogen (secondary N) is 1. The summed E-state index contributed by atoms with van der Waals surface area (Å²) in [6, 6.07) is 0.911. The van der Waals surface area contributed by atoms with E-state index < -0.39 is 0 Å². The van der Waals surface area contributed by atoms with Crippen LogP contribution in [0.5, 0.6) is 0 Å². The molecule has 2 heteroatoms.